The molecule has 1 aromatic rings. The summed E-state index contributed by atoms with van der Waals surface area (Å²) < 4.78 is 5.44. The average Bonchev–Trinajstić information content (AvgIpc) is 2.37. The fourth-order valence-electron chi connectivity index (χ4n) is 1.69. The molecule has 0 spiro atoms. The molecule has 0 heterocycles. The summed E-state index contributed by atoms with van der Waals surface area (Å²) in [7, 11) is 1.76. The Morgan fingerprint density at radius 3 is 2.74 bits per heavy atom. The Balaban J connectivity index is 2.73. The number of ether oxygens (including phenoxy) is 1. The fourth-order valence-corrected chi connectivity index (χ4v) is 1.69. The van der Waals surface area contributed by atoms with Gasteiger partial charge in [0.05, 0.1) is 24.0 Å². The average molecular weight is 265 g/mol. The monoisotopic (exact) mass is 265 g/mol. The van der Waals surface area contributed by atoms with Crippen molar-refractivity contribution in [2.45, 2.75) is 26.9 Å². The summed E-state index contributed by atoms with van der Waals surface area (Å²) in [6.07, 6.45) is 0.170. The molecule has 0 aliphatic rings. The molecule has 3 N–H and O–H groups in total. The van der Waals surface area contributed by atoms with E-state index in [1.54, 1.807) is 18.0 Å². The number of nitrogens with two attached hydrogens (primary N) is 1. The maximum absolute atomic E-state index is 12.3. The standard InChI is InChI=1S/C14H23N3O2/c1-10(2)19-8-7-17(4)14(18)12-9-11(3)5-6-13(12)16-15/h5-6,9-10,16H,7-8,15H2,1-4H3. The van der Waals surface area contributed by atoms with Gasteiger partial charge in [-0.3, -0.25) is 10.6 Å². The number of nitrogens with zero attached hydrogens (tertiary/aromatic N) is 1. The fraction of sp³-hybridized carbons (Fsp3) is 0.500. The minimum Gasteiger partial charge on any atom is -0.377 e. The van der Waals surface area contributed by atoms with Crippen molar-refractivity contribution in [2.75, 3.05) is 25.6 Å². The largest absolute Gasteiger partial charge is 0.377 e. The zero-order chi connectivity index (χ0) is 14.4. The van der Waals surface area contributed by atoms with Crippen molar-refractivity contribution in [1.29, 1.82) is 0 Å². The molecule has 19 heavy (non-hydrogen) atoms. The topological polar surface area (TPSA) is 67.6 Å². The number of hydrazine groups is 1. The molecule has 0 aromatic heterocycles. The van der Waals surface area contributed by atoms with Gasteiger partial charge in [0.25, 0.3) is 5.91 Å². The minimum atomic E-state index is -0.0657. The smallest absolute Gasteiger partial charge is 0.255 e. The quantitative estimate of drug-likeness (QED) is 0.607. The van der Waals surface area contributed by atoms with E-state index in [1.165, 1.54) is 0 Å². The van der Waals surface area contributed by atoms with Gasteiger partial charge in [0.2, 0.25) is 0 Å². The van der Waals surface area contributed by atoms with E-state index in [1.807, 2.05) is 32.9 Å². The summed E-state index contributed by atoms with van der Waals surface area (Å²) in [6, 6.07) is 5.55. The van der Waals surface area contributed by atoms with E-state index in [2.05, 4.69) is 5.43 Å². The third-order valence-corrected chi connectivity index (χ3v) is 2.79. The molecule has 0 radical (unpaired) electrons. The number of nitrogen functional groups attached to an aromatic ring is 1. The van der Waals surface area contributed by atoms with E-state index in [9.17, 15) is 4.79 Å². The summed E-state index contributed by atoms with van der Waals surface area (Å²) in [5.74, 6) is 5.37. The van der Waals surface area contributed by atoms with Gasteiger partial charge < -0.3 is 15.1 Å². The number of hydrogen-bond acceptors (Lipinski definition) is 4. The first kappa shape index (κ1) is 15.5. The molecule has 0 bridgehead atoms. The van der Waals surface area contributed by atoms with E-state index >= 15 is 0 Å². The number of nitrogens with one attached hydrogen (secondary N) is 1. The van der Waals surface area contributed by atoms with Crippen LogP contribution in [0.2, 0.25) is 0 Å². The zero-order valence-electron chi connectivity index (χ0n) is 12.1. The lowest BCUT2D eigenvalue weighted by atomic mass is 10.1. The van der Waals surface area contributed by atoms with Crippen LogP contribution in [0, 0.1) is 6.92 Å². The third-order valence-electron chi connectivity index (χ3n) is 2.79. The van der Waals surface area contributed by atoms with Gasteiger partial charge in [0.1, 0.15) is 0 Å². The molecule has 0 unspecified atom stereocenters. The van der Waals surface area contributed by atoms with Crippen molar-refractivity contribution in [1.82, 2.24) is 4.90 Å². The molecule has 0 saturated carbocycles. The van der Waals surface area contributed by atoms with E-state index in [0.29, 0.717) is 24.4 Å². The highest BCUT2D eigenvalue weighted by molar-refractivity contribution is 5.99. The Bertz CT molecular complexity index is 433. The number of rotatable bonds is 6. The number of amides is 1. The second kappa shape index (κ2) is 7.11. The maximum Gasteiger partial charge on any atom is 0.255 e. The van der Waals surface area contributed by atoms with Gasteiger partial charge >= 0.3 is 0 Å². The normalized spacial score (nSPS) is 10.6. The molecule has 5 heteroatoms. The van der Waals surface area contributed by atoms with Crippen LogP contribution >= 0.6 is 0 Å². The number of carbonyl (C=O) groups is 1. The molecular weight excluding hydrogens is 242 g/mol. The molecule has 0 aliphatic heterocycles. The molecule has 5 nitrogen and oxygen atoms in total. The summed E-state index contributed by atoms with van der Waals surface area (Å²) >= 11 is 0. The highest BCUT2D eigenvalue weighted by atomic mass is 16.5. The molecule has 1 aromatic carbocycles. The molecule has 1 amide bonds. The van der Waals surface area contributed by atoms with E-state index in [4.69, 9.17) is 10.6 Å². The van der Waals surface area contributed by atoms with Gasteiger partial charge in [0.15, 0.2) is 0 Å². The SMILES string of the molecule is Cc1ccc(NN)c(C(=O)N(C)CCOC(C)C)c1. The minimum absolute atomic E-state index is 0.0657. The van der Waals surface area contributed by atoms with Crippen LogP contribution in [0.25, 0.3) is 0 Å². The molecule has 106 valence electrons. The van der Waals surface area contributed by atoms with Crippen molar-refractivity contribution in [3.05, 3.63) is 29.3 Å². The first-order chi connectivity index (χ1) is 8.95. The first-order valence-corrected chi connectivity index (χ1v) is 6.40. The molecule has 0 saturated heterocycles. The van der Waals surface area contributed by atoms with Crippen LogP contribution in [0.5, 0.6) is 0 Å². The number of likely N-dealkylation sites (N-methyl/N-ethyl adjacent to an activating group) is 1. The van der Waals surface area contributed by atoms with E-state index < -0.39 is 0 Å². The maximum atomic E-state index is 12.3. The molecule has 0 fully saturated rings. The van der Waals surface area contributed by atoms with Crippen molar-refractivity contribution in [3.8, 4) is 0 Å². The second-order valence-electron chi connectivity index (χ2n) is 4.84. The zero-order valence-corrected chi connectivity index (χ0v) is 12.1. The number of aryl methyl sites for hydroxylation is 1. The molecule has 1 rings (SSSR count). The third kappa shape index (κ3) is 4.54. The highest BCUT2D eigenvalue weighted by Gasteiger charge is 2.15. The Kier molecular flexibility index (Phi) is 5.79. The highest BCUT2D eigenvalue weighted by Crippen LogP contribution is 2.17. The van der Waals surface area contributed by atoms with Gasteiger partial charge in [-0.2, -0.15) is 0 Å². The summed E-state index contributed by atoms with van der Waals surface area (Å²) in [6.45, 7) is 6.96. The van der Waals surface area contributed by atoms with Crippen molar-refractivity contribution in [2.24, 2.45) is 5.84 Å². The summed E-state index contributed by atoms with van der Waals surface area (Å²) in [5, 5.41) is 0. The first-order valence-electron chi connectivity index (χ1n) is 6.40. The summed E-state index contributed by atoms with van der Waals surface area (Å²) in [5.41, 5.74) is 4.79. The number of benzene rings is 1. The van der Waals surface area contributed by atoms with Crippen LogP contribution in [0.15, 0.2) is 18.2 Å². The van der Waals surface area contributed by atoms with Crippen LogP contribution in [0.1, 0.15) is 29.8 Å². The van der Waals surface area contributed by atoms with Crippen LogP contribution in [-0.4, -0.2) is 37.1 Å². The Hall–Kier alpha value is -1.59. The van der Waals surface area contributed by atoms with Gasteiger partial charge in [-0.25, -0.2) is 0 Å². The molecular formula is C14H23N3O2. The molecule has 0 aliphatic carbocycles. The van der Waals surface area contributed by atoms with E-state index in [0.717, 1.165) is 5.56 Å². The number of hydrogen-bond donors (Lipinski definition) is 2. The molecule has 0 atom stereocenters. The van der Waals surface area contributed by atoms with Crippen LogP contribution < -0.4 is 11.3 Å². The Morgan fingerprint density at radius 2 is 2.16 bits per heavy atom. The van der Waals surface area contributed by atoms with Gasteiger partial charge in [-0.05, 0) is 32.9 Å². The van der Waals surface area contributed by atoms with Crippen molar-refractivity contribution >= 4 is 11.6 Å². The van der Waals surface area contributed by atoms with E-state index in [-0.39, 0.29) is 12.0 Å². The van der Waals surface area contributed by atoms with Crippen LogP contribution in [0.4, 0.5) is 5.69 Å². The predicted octanol–water partition coefficient (Wildman–Crippen LogP) is 1.78. The lowest BCUT2D eigenvalue weighted by Gasteiger charge is -2.20. The Morgan fingerprint density at radius 1 is 1.47 bits per heavy atom. The number of carbonyl (C=O) groups excluding carboxylic acids is 1. The van der Waals surface area contributed by atoms with Crippen LogP contribution in [0.3, 0.4) is 0 Å². The van der Waals surface area contributed by atoms with Gasteiger partial charge in [0, 0.05) is 13.6 Å². The summed E-state index contributed by atoms with van der Waals surface area (Å²) in [4.78, 5) is 14.0. The van der Waals surface area contributed by atoms with Crippen molar-refractivity contribution in [3.63, 3.8) is 0 Å². The van der Waals surface area contributed by atoms with Crippen LogP contribution in [-0.2, 0) is 4.74 Å². The second-order valence-corrected chi connectivity index (χ2v) is 4.84. The van der Waals surface area contributed by atoms with Gasteiger partial charge in [-0.15, -0.1) is 0 Å². The lowest BCUT2D eigenvalue weighted by molar-refractivity contribution is 0.0532. The number of anilines is 1. The van der Waals surface area contributed by atoms with Crippen molar-refractivity contribution < 1.29 is 9.53 Å². The van der Waals surface area contributed by atoms with Gasteiger partial charge in [-0.1, -0.05) is 11.6 Å². The lowest BCUT2D eigenvalue weighted by Crippen LogP contribution is -2.31. The Labute approximate surface area is 114 Å². The predicted molar refractivity (Wildman–Crippen MR) is 77.0 cm³/mol.